The van der Waals surface area contributed by atoms with Crippen LogP contribution < -0.4 is 9.97 Å². The van der Waals surface area contributed by atoms with Gasteiger partial charge in [0.05, 0.1) is 28.5 Å². The predicted molar refractivity (Wildman–Crippen MR) is 226 cm³/mol. The minimum Gasteiger partial charge on any atom is -0.657 e. The molecule has 269 valence electrons. The third kappa shape index (κ3) is 8.12. The van der Waals surface area contributed by atoms with E-state index in [9.17, 15) is 4.79 Å². The van der Waals surface area contributed by atoms with Gasteiger partial charge in [-0.3, -0.25) is 4.79 Å². The Balaban J connectivity index is 0.000000552. The molecule has 6 nitrogen and oxygen atoms in total. The summed E-state index contributed by atoms with van der Waals surface area (Å²) in [6.07, 6.45) is 9.57. The Morgan fingerprint density at radius 1 is 0.446 bits per heavy atom. The molecule has 1 N–H and O–H groups in total. The van der Waals surface area contributed by atoms with E-state index in [-0.39, 0.29) is 47.1 Å². The average molecular weight is 852 g/mol. The number of carbonyl (C=O) groups is 1. The smallest absolute Gasteiger partial charge is 0.155 e. The molecule has 56 heavy (non-hydrogen) atoms. The first-order valence-corrected chi connectivity index (χ1v) is 18.1. The van der Waals surface area contributed by atoms with Crippen molar-refractivity contribution >= 4 is 52.2 Å². The van der Waals surface area contributed by atoms with Crippen LogP contribution in [0.15, 0.2) is 157 Å². The number of fused-ring (bicyclic) bond motifs is 8. The van der Waals surface area contributed by atoms with Crippen molar-refractivity contribution in [3.05, 3.63) is 180 Å². The fraction of sp³-hybridized carbons (Fsp3) is 0.0408. The fourth-order valence-electron chi connectivity index (χ4n) is 6.98. The van der Waals surface area contributed by atoms with Gasteiger partial charge in [-0.25, -0.2) is 9.97 Å². The van der Waals surface area contributed by atoms with E-state index in [0.29, 0.717) is 0 Å². The normalized spacial score (nSPS) is 11.7. The van der Waals surface area contributed by atoms with Crippen molar-refractivity contribution in [1.82, 2.24) is 19.9 Å². The molecular formula is C49H36LaN4O2-2. The van der Waals surface area contributed by atoms with Crippen LogP contribution in [0.3, 0.4) is 0 Å². The van der Waals surface area contributed by atoms with Crippen LogP contribution in [0.2, 0.25) is 0 Å². The Morgan fingerprint density at radius 3 is 0.893 bits per heavy atom. The molecule has 8 bridgehead atoms. The summed E-state index contributed by atoms with van der Waals surface area (Å²) in [6, 6.07) is 50.0. The minimum absolute atomic E-state index is 0. The van der Waals surface area contributed by atoms with Gasteiger partial charge in [-0.15, -0.1) is 22.1 Å². The van der Waals surface area contributed by atoms with Crippen molar-refractivity contribution in [2.75, 3.05) is 0 Å². The zero-order chi connectivity index (χ0) is 37.7. The quantitative estimate of drug-likeness (QED) is 0.137. The number of aliphatic hydroxyl groups is 1. The SMILES string of the molecule is C1=Cc2nc1c(-c1ccccc1)c1ccc([n-]1)c(-c1ccccc1)c1nc(c(-c3ccccc3)c3ccc([n-]3)c2-c2ccccc2)C=C1.CC(=O)/C=C(/C)O.[La]. The molecular weight excluding hydrogens is 815 g/mol. The minimum atomic E-state index is -0.125. The van der Waals surface area contributed by atoms with Gasteiger partial charge in [-0.05, 0) is 82.7 Å². The average Bonchev–Trinajstić information content (AvgIpc) is 4.04. The molecule has 0 atom stereocenters. The van der Waals surface area contributed by atoms with Crippen LogP contribution in [0, 0.1) is 35.6 Å². The first kappa shape index (κ1) is 38.2. The third-order valence-corrected chi connectivity index (χ3v) is 9.27. The van der Waals surface area contributed by atoms with Crippen LogP contribution in [-0.4, -0.2) is 20.9 Å². The predicted octanol–water partition coefficient (Wildman–Crippen LogP) is 11.6. The second-order valence-corrected chi connectivity index (χ2v) is 13.2. The number of benzene rings is 4. The van der Waals surface area contributed by atoms with Gasteiger partial charge < -0.3 is 15.1 Å². The van der Waals surface area contributed by atoms with Crippen molar-refractivity contribution in [3.63, 3.8) is 0 Å². The second kappa shape index (κ2) is 17.1. The number of hydrogen-bond donors (Lipinski definition) is 1. The molecule has 0 saturated heterocycles. The van der Waals surface area contributed by atoms with Crippen LogP contribution in [0.25, 0.3) is 90.9 Å². The maximum atomic E-state index is 10.0. The standard InChI is InChI=1S/C44H28N4.C5H8O2.La/c1-5-13-29(14-6-1)41-33-21-23-35(45-33)42(30-15-7-2-8-16-30)37-25-27-39(47-37)44(32-19-11-4-12-20-32)40-28-26-38(48-40)43(31-17-9-3-10-18-31)36-24-22-34(41)46-36;1-4(6)3-5(2)7;/h1-28H;3,6H,1-2H3;/q-2;;/b;4-3-;. The van der Waals surface area contributed by atoms with E-state index in [1.165, 1.54) is 19.9 Å². The summed E-state index contributed by atoms with van der Waals surface area (Å²) in [5.74, 6) is -0.0625. The van der Waals surface area contributed by atoms with E-state index in [2.05, 4.69) is 146 Å². The molecule has 0 unspecified atom stereocenters. The maximum Gasteiger partial charge on any atom is 0.155 e. The summed E-state index contributed by atoms with van der Waals surface area (Å²) >= 11 is 0. The Bertz CT molecular complexity index is 2430. The number of nitrogens with zero attached hydrogens (tertiary/aromatic N) is 4. The van der Waals surface area contributed by atoms with Gasteiger partial charge in [-0.2, -0.15) is 0 Å². The molecule has 4 aromatic carbocycles. The largest absolute Gasteiger partial charge is 0.657 e. The zero-order valence-corrected chi connectivity index (χ0v) is 34.6. The molecule has 2 aliphatic rings. The van der Waals surface area contributed by atoms with E-state index in [1.54, 1.807) is 0 Å². The van der Waals surface area contributed by atoms with Crippen molar-refractivity contribution in [3.8, 4) is 44.5 Å². The summed E-state index contributed by atoms with van der Waals surface area (Å²) in [6.45, 7) is 2.85. The van der Waals surface area contributed by atoms with E-state index >= 15 is 0 Å². The maximum absolute atomic E-state index is 10.0. The molecule has 0 fully saturated rings. The fourth-order valence-corrected chi connectivity index (χ4v) is 6.98. The summed E-state index contributed by atoms with van der Waals surface area (Å²) in [7, 11) is 0. The zero-order valence-electron chi connectivity index (χ0n) is 31.0. The molecule has 5 heterocycles. The molecule has 7 heteroatoms. The Kier molecular flexibility index (Phi) is 11.7. The summed E-state index contributed by atoms with van der Waals surface area (Å²) in [5, 5.41) is 8.36. The molecule has 0 saturated carbocycles. The number of aliphatic hydroxyl groups excluding tert-OH is 1. The van der Waals surface area contributed by atoms with Crippen LogP contribution >= 0.6 is 0 Å². The second-order valence-electron chi connectivity index (χ2n) is 13.2. The topological polar surface area (TPSA) is 91.3 Å². The summed E-state index contributed by atoms with van der Waals surface area (Å²) in [5.41, 5.74) is 15.0. The van der Waals surface area contributed by atoms with Crippen molar-refractivity contribution in [2.24, 2.45) is 0 Å². The van der Waals surface area contributed by atoms with Gasteiger partial charge in [0, 0.05) is 41.7 Å². The van der Waals surface area contributed by atoms with Crippen LogP contribution in [0.5, 0.6) is 0 Å². The first-order chi connectivity index (χ1) is 26.9. The number of ketones is 1. The Morgan fingerprint density at radius 2 is 0.696 bits per heavy atom. The van der Waals surface area contributed by atoms with Gasteiger partial charge in [-0.1, -0.05) is 146 Å². The van der Waals surface area contributed by atoms with Crippen LogP contribution in [-0.2, 0) is 4.79 Å². The van der Waals surface area contributed by atoms with Gasteiger partial charge in [0.15, 0.2) is 5.78 Å². The molecule has 3 aromatic heterocycles. The third-order valence-electron chi connectivity index (χ3n) is 9.27. The molecule has 1 radical (unpaired) electrons. The van der Waals surface area contributed by atoms with Crippen molar-refractivity contribution < 1.29 is 45.5 Å². The van der Waals surface area contributed by atoms with E-state index in [4.69, 9.17) is 25.0 Å². The van der Waals surface area contributed by atoms with Gasteiger partial charge in [0.1, 0.15) is 0 Å². The Labute approximate surface area is 353 Å². The van der Waals surface area contributed by atoms with Crippen molar-refractivity contribution in [1.29, 1.82) is 0 Å². The van der Waals surface area contributed by atoms with Crippen LogP contribution in [0.1, 0.15) is 36.6 Å². The van der Waals surface area contributed by atoms with E-state index in [0.717, 1.165) is 89.4 Å². The molecule has 9 rings (SSSR count). The number of aromatic nitrogens is 4. The van der Waals surface area contributed by atoms with Crippen molar-refractivity contribution in [2.45, 2.75) is 13.8 Å². The Hall–Kier alpha value is -6.12. The molecule has 0 spiro atoms. The monoisotopic (exact) mass is 851 g/mol. The molecule has 2 aliphatic heterocycles. The van der Waals surface area contributed by atoms with Crippen LogP contribution in [0.4, 0.5) is 0 Å². The number of carbonyl (C=O) groups excluding carboxylic acids is 1. The summed E-state index contributed by atoms with van der Waals surface area (Å²) in [4.78, 5) is 31.3. The van der Waals surface area contributed by atoms with E-state index < -0.39 is 0 Å². The molecule has 0 aliphatic carbocycles. The number of allylic oxidation sites excluding steroid dienone is 2. The first-order valence-electron chi connectivity index (χ1n) is 18.1. The van der Waals surface area contributed by atoms with Gasteiger partial charge in [0.2, 0.25) is 0 Å². The number of hydrogen-bond acceptors (Lipinski definition) is 4. The molecule has 7 aromatic rings. The van der Waals surface area contributed by atoms with Gasteiger partial charge >= 0.3 is 0 Å². The van der Waals surface area contributed by atoms with E-state index in [1.807, 2.05) is 24.3 Å². The number of rotatable bonds is 5. The summed E-state index contributed by atoms with van der Waals surface area (Å²) < 4.78 is 0. The van der Waals surface area contributed by atoms with Gasteiger partial charge in [0.25, 0.3) is 0 Å². The molecule has 0 amide bonds.